The fourth-order valence-electron chi connectivity index (χ4n) is 2.21. The van der Waals surface area contributed by atoms with Crippen LogP contribution in [0.25, 0.3) is 17.1 Å². The summed E-state index contributed by atoms with van der Waals surface area (Å²) in [6.45, 7) is 0.135. The fourth-order valence-corrected chi connectivity index (χ4v) is 2.43. The molecule has 25 heavy (non-hydrogen) atoms. The van der Waals surface area contributed by atoms with Crippen molar-refractivity contribution in [2.45, 2.75) is 6.61 Å². The van der Waals surface area contributed by atoms with E-state index in [0.29, 0.717) is 28.1 Å². The molecule has 0 aliphatic heterocycles. The van der Waals surface area contributed by atoms with Gasteiger partial charge in [-0.05, 0) is 34.7 Å². The van der Waals surface area contributed by atoms with E-state index in [1.807, 2.05) is 42.5 Å². The fraction of sp³-hybridized carbons (Fsp3) is 0.0625. The Hall–Kier alpha value is -3.26. The normalized spacial score (nSPS) is 10.8. The molecule has 0 aliphatic carbocycles. The number of nitrogens with zero attached hydrogens (tertiary/aromatic N) is 6. The molecule has 2 aromatic carbocycles. The van der Waals surface area contributed by atoms with E-state index >= 15 is 0 Å². The molecule has 0 spiro atoms. The highest BCUT2D eigenvalue weighted by Gasteiger charge is 2.12. The van der Waals surface area contributed by atoms with Crippen LogP contribution in [0.2, 0.25) is 5.02 Å². The summed E-state index contributed by atoms with van der Waals surface area (Å²) in [5.41, 5.74) is 1.49. The van der Waals surface area contributed by atoms with Gasteiger partial charge in [-0.25, -0.2) is 4.68 Å². The summed E-state index contributed by atoms with van der Waals surface area (Å²) in [5, 5.41) is 15.6. The zero-order chi connectivity index (χ0) is 17.1. The summed E-state index contributed by atoms with van der Waals surface area (Å²) in [4.78, 5) is 4.30. The van der Waals surface area contributed by atoms with Gasteiger partial charge in [-0.2, -0.15) is 4.98 Å². The zero-order valence-electron chi connectivity index (χ0n) is 12.8. The molecule has 2 heterocycles. The summed E-state index contributed by atoms with van der Waals surface area (Å²) in [6.07, 6.45) is 1.51. The zero-order valence-corrected chi connectivity index (χ0v) is 13.5. The SMILES string of the molecule is Clc1ccccc1-c1noc(COc2cccc(-n3cnnn3)c2)n1. The van der Waals surface area contributed by atoms with Crippen LogP contribution in [0.3, 0.4) is 0 Å². The molecule has 0 saturated heterocycles. The number of ether oxygens (including phenoxy) is 1. The summed E-state index contributed by atoms with van der Waals surface area (Å²) in [6, 6.07) is 14.6. The molecule has 0 unspecified atom stereocenters. The van der Waals surface area contributed by atoms with Crippen molar-refractivity contribution in [1.82, 2.24) is 30.3 Å². The predicted molar refractivity (Wildman–Crippen MR) is 88.2 cm³/mol. The van der Waals surface area contributed by atoms with Crippen molar-refractivity contribution in [3.8, 4) is 22.8 Å². The van der Waals surface area contributed by atoms with Crippen molar-refractivity contribution in [2.24, 2.45) is 0 Å². The first-order valence-corrected chi connectivity index (χ1v) is 7.71. The van der Waals surface area contributed by atoms with Crippen LogP contribution in [0, 0.1) is 0 Å². The molecule has 8 nitrogen and oxygen atoms in total. The third-order valence-corrected chi connectivity index (χ3v) is 3.71. The van der Waals surface area contributed by atoms with E-state index in [2.05, 4.69) is 25.7 Å². The molecule has 0 saturated carbocycles. The van der Waals surface area contributed by atoms with Gasteiger partial charge in [-0.1, -0.05) is 35.0 Å². The number of hydrogen-bond acceptors (Lipinski definition) is 7. The monoisotopic (exact) mass is 354 g/mol. The largest absolute Gasteiger partial charge is 0.484 e. The lowest BCUT2D eigenvalue weighted by molar-refractivity contribution is 0.243. The standard InChI is InChI=1S/C16H11ClN6O2/c17-14-7-2-1-6-13(14)16-19-15(25-20-16)9-24-12-5-3-4-11(8-12)23-10-18-21-22-23/h1-8,10H,9H2. The highest BCUT2D eigenvalue weighted by atomic mass is 35.5. The van der Waals surface area contributed by atoms with Crippen LogP contribution in [0.4, 0.5) is 0 Å². The Kier molecular flexibility index (Phi) is 4.09. The van der Waals surface area contributed by atoms with Crippen LogP contribution in [-0.2, 0) is 6.61 Å². The van der Waals surface area contributed by atoms with Gasteiger partial charge in [0.2, 0.25) is 5.82 Å². The summed E-state index contributed by atoms with van der Waals surface area (Å²) >= 11 is 6.14. The van der Waals surface area contributed by atoms with Crippen LogP contribution in [0.1, 0.15) is 5.89 Å². The van der Waals surface area contributed by atoms with E-state index < -0.39 is 0 Å². The van der Waals surface area contributed by atoms with E-state index in [1.165, 1.54) is 11.0 Å². The van der Waals surface area contributed by atoms with E-state index in [-0.39, 0.29) is 6.61 Å². The summed E-state index contributed by atoms with van der Waals surface area (Å²) < 4.78 is 12.5. The number of rotatable bonds is 5. The van der Waals surface area contributed by atoms with E-state index in [4.69, 9.17) is 20.9 Å². The third-order valence-electron chi connectivity index (χ3n) is 3.38. The van der Waals surface area contributed by atoms with Gasteiger partial charge in [0.05, 0.1) is 10.7 Å². The molecular weight excluding hydrogens is 344 g/mol. The van der Waals surface area contributed by atoms with Crippen molar-refractivity contribution in [2.75, 3.05) is 0 Å². The molecule has 0 N–H and O–H groups in total. The Morgan fingerprint density at radius 1 is 1.12 bits per heavy atom. The molecule has 0 atom stereocenters. The maximum atomic E-state index is 6.14. The minimum absolute atomic E-state index is 0.135. The molecule has 4 rings (SSSR count). The number of benzene rings is 2. The van der Waals surface area contributed by atoms with Crippen molar-refractivity contribution in [3.63, 3.8) is 0 Å². The minimum Gasteiger partial charge on any atom is -0.484 e. The van der Waals surface area contributed by atoms with Gasteiger partial charge >= 0.3 is 0 Å². The highest BCUT2D eigenvalue weighted by molar-refractivity contribution is 6.33. The van der Waals surface area contributed by atoms with Gasteiger partial charge in [-0.3, -0.25) is 0 Å². The lowest BCUT2D eigenvalue weighted by Gasteiger charge is -2.05. The minimum atomic E-state index is 0.135. The quantitative estimate of drug-likeness (QED) is 0.544. The first kappa shape index (κ1) is 15.3. The van der Waals surface area contributed by atoms with Crippen LogP contribution in [-0.4, -0.2) is 30.3 Å². The number of tetrazole rings is 1. The first-order chi connectivity index (χ1) is 12.3. The van der Waals surface area contributed by atoms with Crippen LogP contribution in [0.5, 0.6) is 5.75 Å². The topological polar surface area (TPSA) is 91.8 Å². The summed E-state index contributed by atoms with van der Waals surface area (Å²) in [7, 11) is 0. The maximum Gasteiger partial charge on any atom is 0.264 e. The molecule has 4 aromatic rings. The van der Waals surface area contributed by atoms with Gasteiger partial charge in [0, 0.05) is 11.6 Å². The van der Waals surface area contributed by atoms with Gasteiger partial charge in [0.1, 0.15) is 12.1 Å². The Balaban J connectivity index is 1.48. The van der Waals surface area contributed by atoms with E-state index in [1.54, 1.807) is 6.07 Å². The number of halogens is 1. The van der Waals surface area contributed by atoms with Crippen molar-refractivity contribution in [1.29, 1.82) is 0 Å². The maximum absolute atomic E-state index is 6.14. The van der Waals surface area contributed by atoms with Gasteiger partial charge in [0.25, 0.3) is 5.89 Å². The Bertz CT molecular complexity index is 986. The molecule has 2 aromatic heterocycles. The average molecular weight is 355 g/mol. The molecule has 0 fully saturated rings. The molecule has 0 bridgehead atoms. The summed E-state index contributed by atoms with van der Waals surface area (Å²) in [5.74, 6) is 1.40. The van der Waals surface area contributed by atoms with Gasteiger partial charge in [0.15, 0.2) is 6.61 Å². The number of aromatic nitrogens is 6. The molecule has 0 radical (unpaired) electrons. The van der Waals surface area contributed by atoms with Crippen molar-refractivity contribution >= 4 is 11.6 Å². The molecule has 0 aliphatic rings. The number of hydrogen-bond donors (Lipinski definition) is 0. The first-order valence-electron chi connectivity index (χ1n) is 7.33. The Labute approximate surface area is 147 Å². The van der Waals surface area contributed by atoms with Crippen LogP contribution >= 0.6 is 11.6 Å². The molecule has 0 amide bonds. The molecular formula is C16H11ClN6O2. The molecule has 124 valence electrons. The second-order valence-electron chi connectivity index (χ2n) is 5.03. The second-order valence-corrected chi connectivity index (χ2v) is 5.44. The predicted octanol–water partition coefficient (Wildman–Crippen LogP) is 2.94. The van der Waals surface area contributed by atoms with Crippen molar-refractivity contribution < 1.29 is 9.26 Å². The van der Waals surface area contributed by atoms with Gasteiger partial charge < -0.3 is 9.26 Å². The highest BCUT2D eigenvalue weighted by Crippen LogP contribution is 2.25. The van der Waals surface area contributed by atoms with Crippen LogP contribution in [0.15, 0.2) is 59.4 Å². The lowest BCUT2D eigenvalue weighted by atomic mass is 10.2. The molecule has 9 heteroatoms. The van der Waals surface area contributed by atoms with E-state index in [0.717, 1.165) is 5.69 Å². The second kappa shape index (κ2) is 6.70. The lowest BCUT2D eigenvalue weighted by Crippen LogP contribution is -1.98. The van der Waals surface area contributed by atoms with Crippen molar-refractivity contribution in [3.05, 3.63) is 65.8 Å². The van der Waals surface area contributed by atoms with Gasteiger partial charge in [-0.15, -0.1) is 5.10 Å². The third kappa shape index (κ3) is 3.33. The average Bonchev–Trinajstić information content (AvgIpc) is 3.33. The van der Waals surface area contributed by atoms with E-state index in [9.17, 15) is 0 Å². The van der Waals surface area contributed by atoms with Crippen LogP contribution < -0.4 is 4.74 Å². The Morgan fingerprint density at radius 2 is 2.04 bits per heavy atom. The Morgan fingerprint density at radius 3 is 2.88 bits per heavy atom. The smallest absolute Gasteiger partial charge is 0.264 e.